The second-order valence-corrected chi connectivity index (χ2v) is 5.17. The van der Waals surface area contributed by atoms with Crippen LogP contribution in [-0.2, 0) is 6.42 Å². The van der Waals surface area contributed by atoms with E-state index in [-0.39, 0.29) is 6.04 Å². The van der Waals surface area contributed by atoms with E-state index in [1.54, 1.807) is 0 Å². The van der Waals surface area contributed by atoms with Crippen LogP contribution in [0, 0.1) is 0 Å². The zero-order valence-electron chi connectivity index (χ0n) is 10.8. The summed E-state index contributed by atoms with van der Waals surface area (Å²) in [7, 11) is 0. The molecule has 2 aliphatic rings. The van der Waals surface area contributed by atoms with Crippen LogP contribution in [0.15, 0.2) is 22.7 Å². The number of benzene rings is 1. The van der Waals surface area contributed by atoms with Gasteiger partial charge in [0.2, 0.25) is 11.7 Å². The minimum absolute atomic E-state index is 0.177. The maximum absolute atomic E-state index is 13.2. The van der Waals surface area contributed by atoms with Gasteiger partial charge in [0.25, 0.3) is 0 Å². The van der Waals surface area contributed by atoms with Crippen LogP contribution in [0.1, 0.15) is 23.9 Å². The fraction of sp³-hybridized carbons (Fsp3) is 0.429. The summed E-state index contributed by atoms with van der Waals surface area (Å²) < 4.78 is 23.9. The smallest absolute Gasteiger partial charge is 0.244 e. The van der Waals surface area contributed by atoms with Crippen molar-refractivity contribution < 1.29 is 13.7 Å². The van der Waals surface area contributed by atoms with Crippen molar-refractivity contribution in [1.29, 1.82) is 0 Å². The van der Waals surface area contributed by atoms with E-state index in [4.69, 9.17) is 9.26 Å². The van der Waals surface area contributed by atoms with Gasteiger partial charge in [-0.1, -0.05) is 5.16 Å². The first kappa shape index (κ1) is 11.8. The molecule has 4 rings (SSSR count). The Morgan fingerprint density at radius 1 is 1.35 bits per heavy atom. The Balaban J connectivity index is 1.61. The number of aromatic nitrogens is 2. The third kappa shape index (κ3) is 1.96. The molecular formula is C14H14FN3O2. The highest BCUT2D eigenvalue weighted by Gasteiger charge is 2.29. The molecule has 0 unspecified atom stereocenters. The molecule has 2 aromatic rings. The molecule has 104 valence electrons. The zero-order valence-corrected chi connectivity index (χ0v) is 10.8. The Morgan fingerprint density at radius 2 is 2.30 bits per heavy atom. The second kappa shape index (κ2) is 4.56. The number of rotatable bonds is 2. The average molecular weight is 275 g/mol. The van der Waals surface area contributed by atoms with E-state index >= 15 is 0 Å². The van der Waals surface area contributed by atoms with Crippen molar-refractivity contribution in [2.75, 3.05) is 13.2 Å². The molecule has 0 aliphatic carbocycles. The van der Waals surface area contributed by atoms with Gasteiger partial charge in [-0.15, -0.1) is 0 Å². The lowest BCUT2D eigenvalue weighted by atomic mass is 10.1. The topological polar surface area (TPSA) is 60.2 Å². The van der Waals surface area contributed by atoms with Gasteiger partial charge in [-0.3, -0.25) is 0 Å². The summed E-state index contributed by atoms with van der Waals surface area (Å²) >= 11 is 0. The van der Waals surface area contributed by atoms with Gasteiger partial charge in [0.15, 0.2) is 0 Å². The van der Waals surface area contributed by atoms with Crippen molar-refractivity contribution in [3.8, 4) is 17.1 Å². The number of hydrogen-bond acceptors (Lipinski definition) is 5. The lowest BCUT2D eigenvalue weighted by Gasteiger charge is -2.01. The van der Waals surface area contributed by atoms with Gasteiger partial charge >= 0.3 is 0 Å². The van der Waals surface area contributed by atoms with Gasteiger partial charge in [0.05, 0.1) is 12.6 Å². The largest absolute Gasteiger partial charge is 0.493 e. The van der Waals surface area contributed by atoms with E-state index in [1.165, 1.54) is 0 Å². The van der Waals surface area contributed by atoms with Crippen LogP contribution in [-0.4, -0.2) is 29.5 Å². The molecule has 3 heterocycles. The summed E-state index contributed by atoms with van der Waals surface area (Å²) in [5, 5.41) is 7.03. The third-order valence-electron chi connectivity index (χ3n) is 3.76. The molecule has 2 atom stereocenters. The van der Waals surface area contributed by atoms with Gasteiger partial charge in [-0.2, -0.15) is 4.98 Å². The molecule has 20 heavy (non-hydrogen) atoms. The minimum Gasteiger partial charge on any atom is -0.493 e. The molecule has 1 aromatic carbocycles. The van der Waals surface area contributed by atoms with Gasteiger partial charge in [0.1, 0.15) is 11.9 Å². The minimum atomic E-state index is -0.840. The first-order valence-electron chi connectivity index (χ1n) is 6.77. The Labute approximate surface area is 115 Å². The Hall–Kier alpha value is -1.95. The lowest BCUT2D eigenvalue weighted by molar-refractivity contribution is 0.324. The number of hydrogen-bond donors (Lipinski definition) is 1. The number of nitrogens with zero attached hydrogens (tertiary/aromatic N) is 2. The Bertz CT molecular complexity index is 643. The molecule has 2 aliphatic heterocycles. The van der Waals surface area contributed by atoms with Crippen LogP contribution < -0.4 is 10.1 Å². The summed E-state index contributed by atoms with van der Waals surface area (Å²) in [6.45, 7) is 1.07. The van der Waals surface area contributed by atoms with Crippen LogP contribution >= 0.6 is 0 Å². The van der Waals surface area contributed by atoms with Crippen molar-refractivity contribution in [3.05, 3.63) is 29.7 Å². The quantitative estimate of drug-likeness (QED) is 0.909. The van der Waals surface area contributed by atoms with Crippen molar-refractivity contribution in [2.45, 2.75) is 25.1 Å². The molecule has 0 bridgehead atoms. The normalized spacial score (nSPS) is 24.6. The number of alkyl halides is 1. The van der Waals surface area contributed by atoms with E-state index in [0.29, 0.717) is 24.7 Å². The SMILES string of the molecule is F[C@@H]1CN[C@@H](c2nc(-c3ccc4c(c3)CCO4)no2)C1. The van der Waals surface area contributed by atoms with Crippen LogP contribution in [0.3, 0.4) is 0 Å². The summed E-state index contributed by atoms with van der Waals surface area (Å²) in [6, 6.07) is 5.69. The maximum Gasteiger partial charge on any atom is 0.244 e. The second-order valence-electron chi connectivity index (χ2n) is 5.17. The molecule has 6 heteroatoms. The van der Waals surface area contributed by atoms with E-state index in [1.807, 2.05) is 18.2 Å². The first-order valence-corrected chi connectivity index (χ1v) is 6.77. The molecular weight excluding hydrogens is 261 g/mol. The Kier molecular flexibility index (Phi) is 2.70. The summed E-state index contributed by atoms with van der Waals surface area (Å²) in [6.07, 6.45) is 0.453. The van der Waals surface area contributed by atoms with Crippen molar-refractivity contribution >= 4 is 0 Å². The van der Waals surface area contributed by atoms with Crippen molar-refractivity contribution in [1.82, 2.24) is 15.5 Å². The number of halogens is 1. The number of fused-ring (bicyclic) bond motifs is 1. The van der Waals surface area contributed by atoms with Crippen LogP contribution in [0.2, 0.25) is 0 Å². The van der Waals surface area contributed by atoms with Gasteiger partial charge in [-0.05, 0) is 23.8 Å². The molecule has 1 saturated heterocycles. The summed E-state index contributed by atoms with van der Waals surface area (Å²) in [5.41, 5.74) is 2.07. The van der Waals surface area contributed by atoms with Crippen molar-refractivity contribution in [3.63, 3.8) is 0 Å². The lowest BCUT2D eigenvalue weighted by Crippen LogP contribution is -2.14. The molecule has 1 aromatic heterocycles. The van der Waals surface area contributed by atoms with E-state index in [9.17, 15) is 4.39 Å². The van der Waals surface area contributed by atoms with Gasteiger partial charge < -0.3 is 14.6 Å². The average Bonchev–Trinajstić information content (AvgIpc) is 3.17. The molecule has 0 saturated carbocycles. The predicted molar refractivity (Wildman–Crippen MR) is 69.2 cm³/mol. The van der Waals surface area contributed by atoms with Gasteiger partial charge in [-0.25, -0.2) is 4.39 Å². The highest BCUT2D eigenvalue weighted by atomic mass is 19.1. The van der Waals surface area contributed by atoms with Crippen molar-refractivity contribution in [2.24, 2.45) is 0 Å². The fourth-order valence-electron chi connectivity index (χ4n) is 2.70. The third-order valence-corrected chi connectivity index (χ3v) is 3.76. The van der Waals surface area contributed by atoms with E-state index < -0.39 is 6.17 Å². The molecule has 0 amide bonds. The number of ether oxygens (including phenoxy) is 1. The summed E-state index contributed by atoms with van der Waals surface area (Å²) in [5.74, 6) is 1.92. The molecule has 5 nitrogen and oxygen atoms in total. The van der Waals surface area contributed by atoms with Crippen LogP contribution in [0.5, 0.6) is 5.75 Å². The molecule has 0 spiro atoms. The molecule has 0 radical (unpaired) electrons. The standard InChI is InChI=1S/C14H14FN3O2/c15-10-6-11(16-7-10)14-17-13(18-20-14)9-1-2-12-8(5-9)3-4-19-12/h1-2,5,10-11,16H,3-4,6-7H2/t10-,11+/m0/s1. The zero-order chi connectivity index (χ0) is 13.5. The predicted octanol–water partition coefficient (Wildman–Crippen LogP) is 2.04. The summed E-state index contributed by atoms with van der Waals surface area (Å²) in [4.78, 5) is 4.37. The highest BCUT2D eigenvalue weighted by Crippen LogP contribution is 2.30. The van der Waals surface area contributed by atoms with Crippen LogP contribution in [0.25, 0.3) is 11.4 Å². The molecule has 1 N–H and O–H groups in total. The highest BCUT2D eigenvalue weighted by molar-refractivity contribution is 5.59. The molecule has 1 fully saturated rings. The fourth-order valence-corrected chi connectivity index (χ4v) is 2.70. The number of nitrogens with one attached hydrogen (secondary N) is 1. The first-order chi connectivity index (χ1) is 9.79. The monoisotopic (exact) mass is 275 g/mol. The Morgan fingerprint density at radius 3 is 3.15 bits per heavy atom. The van der Waals surface area contributed by atoms with Crippen LogP contribution in [0.4, 0.5) is 4.39 Å². The van der Waals surface area contributed by atoms with Gasteiger partial charge in [0, 0.05) is 24.9 Å². The maximum atomic E-state index is 13.2. The van der Waals surface area contributed by atoms with E-state index in [0.717, 1.165) is 29.9 Å². The van der Waals surface area contributed by atoms with E-state index in [2.05, 4.69) is 15.5 Å².